The van der Waals surface area contributed by atoms with E-state index in [0.29, 0.717) is 0 Å². The van der Waals surface area contributed by atoms with Gasteiger partial charge in [-0.1, -0.05) is 5.57 Å². The Morgan fingerprint density at radius 3 is 2.70 bits per heavy atom. The first-order chi connectivity index (χ1) is 9.21. The monoisotopic (exact) mass is 358 g/mol. The standard InChI is InChI=1S/C15H23BrN2OS/c1-11(2)6-7-14(18-20(19)15(3,4)5)12-8-9-17-10-13(12)16/h8-10,14,18H,1,6-7H2,2-5H3/t14-,20?/m1/s1. The molecule has 0 aliphatic rings. The molecule has 0 aliphatic carbocycles. The third-order valence-electron chi connectivity index (χ3n) is 2.84. The van der Waals surface area contributed by atoms with Crippen molar-refractivity contribution in [2.45, 2.75) is 51.3 Å². The SMILES string of the molecule is C=C(C)CC[C@@H](N[S+]([O-])C(C)(C)C)c1ccncc1Br. The molecule has 0 spiro atoms. The Morgan fingerprint density at radius 1 is 1.55 bits per heavy atom. The van der Waals surface area contributed by atoms with Crippen molar-refractivity contribution in [2.24, 2.45) is 0 Å². The van der Waals surface area contributed by atoms with Crippen LogP contribution in [-0.2, 0) is 11.4 Å². The van der Waals surface area contributed by atoms with Gasteiger partial charge in [-0.15, -0.1) is 11.3 Å². The van der Waals surface area contributed by atoms with Crippen LogP contribution in [0.15, 0.2) is 35.1 Å². The highest BCUT2D eigenvalue weighted by Crippen LogP contribution is 2.29. The third-order valence-corrected chi connectivity index (χ3v) is 5.12. The molecule has 0 radical (unpaired) electrons. The first kappa shape index (κ1) is 17.7. The smallest absolute Gasteiger partial charge is 0.136 e. The summed E-state index contributed by atoms with van der Waals surface area (Å²) in [6, 6.07) is 1.98. The number of pyridine rings is 1. The molecule has 5 heteroatoms. The van der Waals surface area contributed by atoms with Crippen LogP contribution in [-0.4, -0.2) is 14.3 Å². The number of allylic oxidation sites excluding steroid dienone is 1. The average Bonchev–Trinajstić information content (AvgIpc) is 2.33. The van der Waals surface area contributed by atoms with Gasteiger partial charge in [0.25, 0.3) is 0 Å². The zero-order valence-electron chi connectivity index (χ0n) is 12.6. The molecule has 0 amide bonds. The average molecular weight is 359 g/mol. The van der Waals surface area contributed by atoms with Crippen LogP contribution in [0.1, 0.15) is 52.1 Å². The second kappa shape index (κ2) is 7.59. The predicted molar refractivity (Wildman–Crippen MR) is 89.8 cm³/mol. The highest BCUT2D eigenvalue weighted by Gasteiger charge is 2.30. The third kappa shape index (κ3) is 5.56. The van der Waals surface area contributed by atoms with E-state index in [9.17, 15) is 4.55 Å². The predicted octanol–water partition coefficient (Wildman–Crippen LogP) is 4.29. The van der Waals surface area contributed by atoms with Crippen LogP contribution in [0.4, 0.5) is 0 Å². The highest BCUT2D eigenvalue weighted by molar-refractivity contribution is 9.10. The number of hydrogen-bond donors (Lipinski definition) is 1. The van der Waals surface area contributed by atoms with Gasteiger partial charge in [0.1, 0.15) is 4.75 Å². The first-order valence-corrected chi connectivity index (χ1v) is 8.58. The van der Waals surface area contributed by atoms with Crippen LogP contribution in [0.5, 0.6) is 0 Å². The number of nitrogens with zero attached hydrogens (tertiary/aromatic N) is 1. The van der Waals surface area contributed by atoms with Crippen molar-refractivity contribution in [1.82, 2.24) is 9.71 Å². The van der Waals surface area contributed by atoms with Gasteiger partial charge in [-0.2, -0.15) is 0 Å². The van der Waals surface area contributed by atoms with E-state index in [1.807, 2.05) is 33.8 Å². The summed E-state index contributed by atoms with van der Waals surface area (Å²) >= 11 is 2.41. The van der Waals surface area contributed by atoms with Gasteiger partial charge < -0.3 is 4.55 Å². The Balaban J connectivity index is 2.91. The first-order valence-electron chi connectivity index (χ1n) is 6.63. The zero-order valence-corrected chi connectivity index (χ0v) is 15.0. The van der Waals surface area contributed by atoms with Crippen LogP contribution in [0, 0.1) is 0 Å². The molecule has 0 aliphatic heterocycles. The van der Waals surface area contributed by atoms with Gasteiger partial charge in [-0.25, -0.2) is 0 Å². The van der Waals surface area contributed by atoms with E-state index in [2.05, 4.69) is 32.2 Å². The summed E-state index contributed by atoms with van der Waals surface area (Å²) in [5.74, 6) is 0. The molecule has 0 saturated heterocycles. The molecule has 112 valence electrons. The molecule has 0 saturated carbocycles. The molecule has 1 aromatic rings. The number of hydrogen-bond acceptors (Lipinski definition) is 3. The van der Waals surface area contributed by atoms with Crippen LogP contribution in [0.2, 0.25) is 0 Å². The van der Waals surface area contributed by atoms with E-state index >= 15 is 0 Å². The van der Waals surface area contributed by atoms with Crippen molar-refractivity contribution in [3.05, 3.63) is 40.6 Å². The van der Waals surface area contributed by atoms with Gasteiger partial charge in [-0.05, 0) is 68.1 Å². The van der Waals surface area contributed by atoms with Crippen molar-refractivity contribution in [2.75, 3.05) is 0 Å². The maximum absolute atomic E-state index is 12.4. The summed E-state index contributed by atoms with van der Waals surface area (Å²) in [6.07, 6.45) is 5.29. The number of rotatable bonds is 6. The van der Waals surface area contributed by atoms with Crippen molar-refractivity contribution in [3.8, 4) is 0 Å². The normalized spacial score (nSPS) is 14.9. The maximum Gasteiger partial charge on any atom is 0.136 e. The molecule has 0 fully saturated rings. The number of halogens is 1. The van der Waals surface area contributed by atoms with Gasteiger partial charge in [0, 0.05) is 28.2 Å². The maximum atomic E-state index is 12.4. The van der Waals surface area contributed by atoms with Crippen molar-refractivity contribution < 1.29 is 4.55 Å². The van der Waals surface area contributed by atoms with Crippen molar-refractivity contribution in [1.29, 1.82) is 0 Å². The molecule has 2 atom stereocenters. The number of aromatic nitrogens is 1. The van der Waals surface area contributed by atoms with E-state index in [-0.39, 0.29) is 10.8 Å². The number of nitrogens with one attached hydrogen (secondary N) is 1. The largest absolute Gasteiger partial charge is 0.598 e. The van der Waals surface area contributed by atoms with E-state index in [1.165, 1.54) is 0 Å². The lowest BCUT2D eigenvalue weighted by atomic mass is 10.0. The molecular weight excluding hydrogens is 336 g/mol. The molecular formula is C15H23BrN2OS. The second-order valence-corrected chi connectivity index (χ2v) is 8.80. The van der Waals surface area contributed by atoms with Crippen LogP contribution < -0.4 is 4.72 Å². The molecule has 1 aromatic heterocycles. The summed E-state index contributed by atoms with van der Waals surface area (Å²) < 4.78 is 16.2. The lowest BCUT2D eigenvalue weighted by molar-refractivity contribution is 0.510. The lowest BCUT2D eigenvalue weighted by Crippen LogP contribution is -2.41. The summed E-state index contributed by atoms with van der Waals surface area (Å²) in [7, 11) is 0. The Labute approximate surface area is 133 Å². The molecule has 1 N–H and O–H groups in total. The summed E-state index contributed by atoms with van der Waals surface area (Å²) in [4.78, 5) is 4.08. The van der Waals surface area contributed by atoms with Gasteiger partial charge in [-0.3, -0.25) is 4.98 Å². The van der Waals surface area contributed by atoms with Crippen molar-refractivity contribution >= 4 is 27.3 Å². The molecule has 0 aromatic carbocycles. The van der Waals surface area contributed by atoms with Gasteiger partial charge in [0.05, 0.1) is 6.04 Å². The molecule has 1 rings (SSSR count). The summed E-state index contributed by atoms with van der Waals surface area (Å²) in [5.41, 5.74) is 2.21. The Hall–Kier alpha value is -0.360. The second-order valence-electron chi connectivity index (χ2n) is 5.94. The molecule has 1 unspecified atom stereocenters. The topological polar surface area (TPSA) is 48.0 Å². The fourth-order valence-electron chi connectivity index (χ4n) is 1.64. The van der Waals surface area contributed by atoms with Gasteiger partial charge >= 0.3 is 0 Å². The van der Waals surface area contributed by atoms with Crippen LogP contribution >= 0.6 is 15.9 Å². The van der Waals surface area contributed by atoms with E-state index in [4.69, 9.17) is 0 Å². The van der Waals surface area contributed by atoms with Gasteiger partial charge in [0.2, 0.25) is 0 Å². The lowest BCUT2D eigenvalue weighted by Gasteiger charge is -2.28. The minimum atomic E-state index is -1.11. The fraction of sp³-hybridized carbons (Fsp3) is 0.533. The molecule has 1 heterocycles. The minimum Gasteiger partial charge on any atom is -0.598 e. The highest BCUT2D eigenvalue weighted by atomic mass is 79.9. The Morgan fingerprint density at radius 2 is 2.20 bits per heavy atom. The van der Waals surface area contributed by atoms with E-state index in [0.717, 1.165) is 28.5 Å². The fourth-order valence-corrected chi connectivity index (χ4v) is 3.03. The zero-order chi connectivity index (χ0) is 15.3. The van der Waals surface area contributed by atoms with E-state index in [1.54, 1.807) is 12.4 Å². The van der Waals surface area contributed by atoms with Crippen LogP contribution in [0.3, 0.4) is 0 Å². The summed E-state index contributed by atoms with van der Waals surface area (Å²) in [5, 5.41) is 0. The van der Waals surface area contributed by atoms with E-state index < -0.39 is 11.4 Å². The molecule has 20 heavy (non-hydrogen) atoms. The summed E-state index contributed by atoms with van der Waals surface area (Å²) in [6.45, 7) is 11.9. The Bertz CT molecular complexity index is 459. The molecule has 3 nitrogen and oxygen atoms in total. The van der Waals surface area contributed by atoms with Crippen LogP contribution in [0.25, 0.3) is 0 Å². The van der Waals surface area contributed by atoms with Crippen molar-refractivity contribution in [3.63, 3.8) is 0 Å². The Kier molecular flexibility index (Phi) is 6.72. The van der Waals surface area contributed by atoms with Gasteiger partial charge in [0.15, 0.2) is 0 Å². The minimum absolute atomic E-state index is 0.0177. The molecule has 0 bridgehead atoms. The quantitative estimate of drug-likeness (QED) is 0.609.